The zero-order chi connectivity index (χ0) is 12.8. The van der Waals surface area contributed by atoms with E-state index in [0.717, 1.165) is 0 Å². The molecule has 1 heterocycles. The molecule has 0 radical (unpaired) electrons. The molecule has 0 aliphatic rings. The summed E-state index contributed by atoms with van der Waals surface area (Å²) in [5.74, 6) is 1.35. The maximum atomic E-state index is 10.9. The first-order chi connectivity index (χ1) is 8.10. The fraction of sp³-hybridized carbons (Fsp3) is 0.400. The number of halogens is 1. The Morgan fingerprint density at radius 2 is 2.47 bits per heavy atom. The van der Waals surface area contributed by atoms with E-state index < -0.39 is 4.92 Å². The Morgan fingerprint density at radius 3 is 3.00 bits per heavy atom. The molecule has 0 fully saturated rings. The van der Waals surface area contributed by atoms with Gasteiger partial charge in [-0.05, 0) is 12.0 Å². The Morgan fingerprint density at radius 1 is 1.76 bits per heavy atom. The summed E-state index contributed by atoms with van der Waals surface area (Å²) in [5.41, 5.74) is -0.187. The second-order valence-corrected chi connectivity index (χ2v) is 4.77. The summed E-state index contributed by atoms with van der Waals surface area (Å²) in [6.45, 7) is 1.94. The fourth-order valence-electron chi connectivity index (χ4n) is 1.07. The van der Waals surface area contributed by atoms with Gasteiger partial charge in [-0.2, -0.15) is 5.26 Å². The fourth-order valence-corrected chi connectivity index (χ4v) is 2.33. The number of nitriles is 1. The molecule has 7 heteroatoms. The molecule has 0 N–H and O–H groups in total. The summed E-state index contributed by atoms with van der Waals surface area (Å²) in [6.07, 6.45) is 1.40. The summed E-state index contributed by atoms with van der Waals surface area (Å²) in [6, 6.07) is 3.14. The Bertz CT molecular complexity index is 461. The lowest BCUT2D eigenvalue weighted by molar-refractivity contribution is -0.388. The number of aromatic nitrogens is 1. The van der Waals surface area contributed by atoms with Crippen molar-refractivity contribution in [3.05, 3.63) is 27.9 Å². The average Bonchev–Trinajstić information content (AvgIpc) is 2.34. The van der Waals surface area contributed by atoms with Crippen LogP contribution in [-0.4, -0.2) is 21.5 Å². The second-order valence-electron chi connectivity index (χ2n) is 3.45. The molecule has 0 aliphatic heterocycles. The lowest BCUT2D eigenvalue weighted by atomic mass is 10.2. The number of alkyl halides is 1. The Balaban J connectivity index is 2.99. The van der Waals surface area contributed by atoms with Gasteiger partial charge in [0.2, 0.25) is 0 Å². The van der Waals surface area contributed by atoms with Crippen molar-refractivity contribution in [1.82, 2.24) is 4.98 Å². The molecule has 1 aromatic heterocycles. The predicted octanol–water partition coefficient (Wildman–Crippen LogP) is 2.83. The topological polar surface area (TPSA) is 79.8 Å². The minimum absolute atomic E-state index is 0.0334. The van der Waals surface area contributed by atoms with Gasteiger partial charge in [-0.3, -0.25) is 10.1 Å². The van der Waals surface area contributed by atoms with Crippen LogP contribution < -0.4 is 0 Å². The number of nitro groups is 1. The molecule has 17 heavy (non-hydrogen) atoms. The summed E-state index contributed by atoms with van der Waals surface area (Å²) >= 11 is 6.91. The SMILES string of the molecule is CC(CCl)CSc1nccc(C#N)c1[N+](=O)[O-]. The minimum Gasteiger partial charge on any atom is -0.258 e. The number of pyridine rings is 1. The molecule has 1 rings (SSSR count). The van der Waals surface area contributed by atoms with Gasteiger partial charge >= 0.3 is 5.69 Å². The molecule has 0 aromatic carbocycles. The van der Waals surface area contributed by atoms with E-state index in [2.05, 4.69) is 4.98 Å². The number of thioether (sulfide) groups is 1. The first-order valence-corrected chi connectivity index (χ1v) is 6.34. The van der Waals surface area contributed by atoms with Crippen molar-refractivity contribution < 1.29 is 4.92 Å². The first kappa shape index (κ1) is 13.7. The number of hydrogen-bond donors (Lipinski definition) is 0. The predicted molar refractivity (Wildman–Crippen MR) is 66.2 cm³/mol. The average molecular weight is 272 g/mol. The molecule has 0 bridgehead atoms. The first-order valence-electron chi connectivity index (χ1n) is 4.82. The van der Waals surface area contributed by atoms with E-state index in [1.807, 2.05) is 6.92 Å². The maximum Gasteiger partial charge on any atom is 0.318 e. The second kappa shape index (κ2) is 6.42. The van der Waals surface area contributed by atoms with Gasteiger partial charge in [-0.25, -0.2) is 4.98 Å². The molecule has 5 nitrogen and oxygen atoms in total. The van der Waals surface area contributed by atoms with Crippen molar-refractivity contribution in [2.75, 3.05) is 11.6 Å². The van der Waals surface area contributed by atoms with E-state index in [1.165, 1.54) is 24.0 Å². The van der Waals surface area contributed by atoms with Crippen LogP contribution in [-0.2, 0) is 0 Å². The highest BCUT2D eigenvalue weighted by Gasteiger charge is 2.21. The minimum atomic E-state index is -0.570. The van der Waals surface area contributed by atoms with Crippen LogP contribution in [0.2, 0.25) is 0 Å². The summed E-state index contributed by atoms with van der Waals surface area (Å²) < 4.78 is 0. The number of nitrogens with zero attached hydrogens (tertiary/aromatic N) is 3. The van der Waals surface area contributed by atoms with Crippen molar-refractivity contribution in [3.8, 4) is 6.07 Å². The Hall–Kier alpha value is -1.32. The van der Waals surface area contributed by atoms with Gasteiger partial charge < -0.3 is 0 Å². The van der Waals surface area contributed by atoms with Gasteiger partial charge in [0.15, 0.2) is 5.03 Å². The Kier molecular flexibility index (Phi) is 5.19. The van der Waals surface area contributed by atoms with Crippen LogP contribution in [0.4, 0.5) is 5.69 Å². The van der Waals surface area contributed by atoms with E-state index >= 15 is 0 Å². The van der Waals surface area contributed by atoms with E-state index in [1.54, 1.807) is 6.07 Å². The van der Waals surface area contributed by atoms with E-state index in [0.29, 0.717) is 11.6 Å². The Labute approximate surface area is 108 Å². The zero-order valence-electron chi connectivity index (χ0n) is 9.09. The number of hydrogen-bond acceptors (Lipinski definition) is 5. The summed E-state index contributed by atoms with van der Waals surface area (Å²) in [4.78, 5) is 14.3. The molecular formula is C10H10ClN3O2S. The van der Waals surface area contributed by atoms with Crippen molar-refractivity contribution in [2.24, 2.45) is 5.92 Å². The monoisotopic (exact) mass is 271 g/mol. The molecular weight excluding hydrogens is 262 g/mol. The normalized spacial score (nSPS) is 11.8. The van der Waals surface area contributed by atoms with Gasteiger partial charge in [-0.1, -0.05) is 18.7 Å². The van der Waals surface area contributed by atoms with Crippen LogP contribution in [0.25, 0.3) is 0 Å². The van der Waals surface area contributed by atoms with Gasteiger partial charge in [0, 0.05) is 17.8 Å². The summed E-state index contributed by atoms with van der Waals surface area (Å²) in [5, 5.41) is 20.0. The van der Waals surface area contributed by atoms with Gasteiger partial charge in [0.05, 0.1) is 4.92 Å². The molecule has 90 valence electrons. The smallest absolute Gasteiger partial charge is 0.258 e. The van der Waals surface area contributed by atoms with Crippen LogP contribution in [0, 0.1) is 27.4 Å². The highest BCUT2D eigenvalue weighted by Crippen LogP contribution is 2.30. The van der Waals surface area contributed by atoms with Crippen molar-refractivity contribution in [3.63, 3.8) is 0 Å². The van der Waals surface area contributed by atoms with Crippen molar-refractivity contribution >= 4 is 29.1 Å². The largest absolute Gasteiger partial charge is 0.318 e. The lowest BCUT2D eigenvalue weighted by Crippen LogP contribution is -2.02. The highest BCUT2D eigenvalue weighted by molar-refractivity contribution is 7.99. The molecule has 0 saturated heterocycles. The third-order valence-corrected chi connectivity index (χ3v) is 3.80. The lowest BCUT2D eigenvalue weighted by Gasteiger charge is -2.06. The third-order valence-electron chi connectivity index (χ3n) is 1.96. The van der Waals surface area contributed by atoms with E-state index in [9.17, 15) is 10.1 Å². The van der Waals surface area contributed by atoms with Crippen LogP contribution in [0.15, 0.2) is 17.3 Å². The van der Waals surface area contributed by atoms with Crippen LogP contribution in [0.3, 0.4) is 0 Å². The van der Waals surface area contributed by atoms with Crippen LogP contribution in [0.1, 0.15) is 12.5 Å². The molecule has 0 aliphatic carbocycles. The quantitative estimate of drug-likeness (QED) is 0.356. The molecule has 1 aromatic rings. The van der Waals surface area contributed by atoms with E-state index in [4.69, 9.17) is 16.9 Å². The standard InChI is InChI=1S/C10H10ClN3O2S/c1-7(4-11)6-17-10-9(14(15)16)8(5-12)2-3-13-10/h2-3,7H,4,6H2,1H3. The van der Waals surface area contributed by atoms with Crippen LogP contribution >= 0.6 is 23.4 Å². The third kappa shape index (κ3) is 3.58. The van der Waals surface area contributed by atoms with Crippen molar-refractivity contribution in [1.29, 1.82) is 5.26 Å². The van der Waals surface area contributed by atoms with Crippen molar-refractivity contribution in [2.45, 2.75) is 11.9 Å². The maximum absolute atomic E-state index is 10.9. The van der Waals surface area contributed by atoms with Gasteiger partial charge in [0.25, 0.3) is 0 Å². The molecule has 1 atom stereocenters. The van der Waals surface area contributed by atoms with Gasteiger partial charge in [-0.15, -0.1) is 11.6 Å². The zero-order valence-corrected chi connectivity index (χ0v) is 10.7. The molecule has 0 spiro atoms. The molecule has 0 saturated carbocycles. The number of rotatable bonds is 5. The highest BCUT2D eigenvalue weighted by atomic mass is 35.5. The van der Waals surface area contributed by atoms with Crippen LogP contribution in [0.5, 0.6) is 0 Å². The molecule has 1 unspecified atom stereocenters. The summed E-state index contributed by atoms with van der Waals surface area (Å²) in [7, 11) is 0. The molecule has 0 amide bonds. The van der Waals surface area contributed by atoms with E-state index in [-0.39, 0.29) is 22.2 Å². The van der Waals surface area contributed by atoms with Gasteiger partial charge in [0.1, 0.15) is 11.6 Å².